The number of nitrogens with one attached hydrogen (secondary N) is 1. The van der Waals surface area contributed by atoms with Gasteiger partial charge in [-0.05, 0) is 26.3 Å². The van der Waals surface area contributed by atoms with Gasteiger partial charge in [0, 0.05) is 6.42 Å². The Bertz CT molecular complexity index is 224. The molecule has 0 aromatic heterocycles. The third-order valence-electron chi connectivity index (χ3n) is 2.20. The first-order valence-corrected chi connectivity index (χ1v) is 4.94. The molecule has 0 saturated carbocycles. The molecule has 0 radical (unpaired) electrons. The van der Waals surface area contributed by atoms with Crippen LogP contribution in [0.25, 0.3) is 0 Å². The molecule has 14 heavy (non-hydrogen) atoms. The predicted octanol–water partition coefficient (Wildman–Crippen LogP) is 0.889. The number of hydrogen-bond acceptors (Lipinski definition) is 2. The van der Waals surface area contributed by atoms with Crippen LogP contribution in [0.5, 0.6) is 0 Å². The van der Waals surface area contributed by atoms with E-state index in [1.165, 1.54) is 0 Å². The third kappa shape index (κ3) is 4.88. The zero-order valence-corrected chi connectivity index (χ0v) is 9.26. The van der Waals surface area contributed by atoms with Crippen LogP contribution in [0.2, 0.25) is 0 Å². The van der Waals surface area contributed by atoms with Crippen molar-refractivity contribution in [1.29, 1.82) is 0 Å². The maximum absolute atomic E-state index is 11.5. The normalized spacial score (nSPS) is 13.1. The van der Waals surface area contributed by atoms with E-state index in [0.717, 1.165) is 6.42 Å². The molecule has 1 atom stereocenters. The molecule has 0 spiro atoms. The number of carbonyl (C=O) groups is 1. The minimum Gasteiger partial charge on any atom is -0.340 e. The maximum Gasteiger partial charge on any atom is 0.221 e. The van der Waals surface area contributed by atoms with E-state index in [2.05, 4.69) is 11.2 Å². The highest BCUT2D eigenvalue weighted by molar-refractivity contribution is 5.77. The molecule has 1 unspecified atom stereocenters. The molecular formula is C11H20N2O. The van der Waals surface area contributed by atoms with Crippen LogP contribution in [0, 0.1) is 18.3 Å². The minimum atomic E-state index is -0.566. The minimum absolute atomic E-state index is 0.0229. The van der Waals surface area contributed by atoms with Crippen molar-refractivity contribution in [1.82, 2.24) is 5.32 Å². The Morgan fingerprint density at radius 3 is 2.57 bits per heavy atom. The monoisotopic (exact) mass is 196 g/mol. The Balaban J connectivity index is 4.05. The lowest BCUT2D eigenvalue weighted by atomic mass is 10.0. The standard InChI is InChI=1S/C11H20N2O/c1-5-9(8-12)7-10(14)13-11(3,4)6-2/h2,9H,5,7-8,12H2,1,3-4H3,(H,13,14). The molecule has 0 rings (SSSR count). The molecule has 0 bridgehead atoms. The molecule has 0 heterocycles. The maximum atomic E-state index is 11.5. The average Bonchev–Trinajstić information content (AvgIpc) is 2.13. The van der Waals surface area contributed by atoms with Crippen molar-refractivity contribution >= 4 is 5.91 Å². The van der Waals surface area contributed by atoms with Crippen LogP contribution in [0.15, 0.2) is 0 Å². The first-order chi connectivity index (χ1) is 6.45. The van der Waals surface area contributed by atoms with Gasteiger partial charge in [0.2, 0.25) is 5.91 Å². The Morgan fingerprint density at radius 2 is 2.21 bits per heavy atom. The highest BCUT2D eigenvalue weighted by Crippen LogP contribution is 2.07. The number of hydrogen-bond donors (Lipinski definition) is 2. The van der Waals surface area contributed by atoms with Gasteiger partial charge in [-0.25, -0.2) is 0 Å². The molecule has 0 aliphatic rings. The Labute approximate surface area is 86.4 Å². The van der Waals surface area contributed by atoms with Gasteiger partial charge >= 0.3 is 0 Å². The largest absolute Gasteiger partial charge is 0.340 e. The van der Waals surface area contributed by atoms with Gasteiger partial charge in [0.25, 0.3) is 0 Å². The van der Waals surface area contributed by atoms with Crippen LogP contribution < -0.4 is 11.1 Å². The fraction of sp³-hybridized carbons (Fsp3) is 0.727. The molecule has 1 amide bonds. The van der Waals surface area contributed by atoms with Crippen molar-refractivity contribution in [3.05, 3.63) is 0 Å². The lowest BCUT2D eigenvalue weighted by Gasteiger charge is -2.21. The Hall–Kier alpha value is -1.01. The van der Waals surface area contributed by atoms with Gasteiger partial charge in [-0.1, -0.05) is 19.3 Å². The molecule has 80 valence electrons. The van der Waals surface area contributed by atoms with Crippen LogP contribution in [-0.2, 0) is 4.79 Å². The van der Waals surface area contributed by atoms with Crippen LogP contribution in [0.4, 0.5) is 0 Å². The molecule has 0 aliphatic carbocycles. The van der Waals surface area contributed by atoms with E-state index in [0.29, 0.717) is 13.0 Å². The summed E-state index contributed by atoms with van der Waals surface area (Å²) in [5.41, 5.74) is 4.94. The highest BCUT2D eigenvalue weighted by Gasteiger charge is 2.18. The van der Waals surface area contributed by atoms with E-state index in [4.69, 9.17) is 12.2 Å². The summed E-state index contributed by atoms with van der Waals surface area (Å²) >= 11 is 0. The molecule has 0 fully saturated rings. The Morgan fingerprint density at radius 1 is 1.64 bits per heavy atom. The van der Waals surface area contributed by atoms with E-state index in [1.54, 1.807) is 13.8 Å². The van der Waals surface area contributed by atoms with Crippen molar-refractivity contribution in [3.8, 4) is 12.3 Å². The first kappa shape index (κ1) is 13.0. The molecule has 3 heteroatoms. The van der Waals surface area contributed by atoms with Crippen molar-refractivity contribution in [3.63, 3.8) is 0 Å². The number of carbonyl (C=O) groups excluding carboxylic acids is 1. The second-order valence-corrected chi connectivity index (χ2v) is 4.03. The molecule has 0 aromatic carbocycles. The molecular weight excluding hydrogens is 176 g/mol. The van der Waals surface area contributed by atoms with Gasteiger partial charge in [0.1, 0.15) is 0 Å². The second kappa shape index (κ2) is 5.66. The quantitative estimate of drug-likeness (QED) is 0.642. The topological polar surface area (TPSA) is 55.1 Å². The summed E-state index contributed by atoms with van der Waals surface area (Å²) in [5.74, 6) is 2.75. The average molecular weight is 196 g/mol. The van der Waals surface area contributed by atoms with Gasteiger partial charge in [0.05, 0.1) is 5.54 Å². The van der Waals surface area contributed by atoms with E-state index >= 15 is 0 Å². The lowest BCUT2D eigenvalue weighted by molar-refractivity contribution is -0.123. The zero-order valence-electron chi connectivity index (χ0n) is 9.26. The van der Waals surface area contributed by atoms with Crippen LogP contribution in [0.3, 0.4) is 0 Å². The predicted molar refractivity (Wildman–Crippen MR) is 58.5 cm³/mol. The number of nitrogens with two attached hydrogens (primary N) is 1. The van der Waals surface area contributed by atoms with E-state index in [-0.39, 0.29) is 11.8 Å². The summed E-state index contributed by atoms with van der Waals surface area (Å²) in [5, 5.41) is 2.77. The molecule has 0 aromatic rings. The highest BCUT2D eigenvalue weighted by atomic mass is 16.1. The summed E-state index contributed by atoms with van der Waals surface area (Å²) in [6.07, 6.45) is 6.63. The van der Waals surface area contributed by atoms with Crippen molar-refractivity contribution < 1.29 is 4.79 Å². The SMILES string of the molecule is C#CC(C)(C)NC(=O)CC(CC)CN. The van der Waals surface area contributed by atoms with Crippen LogP contribution >= 0.6 is 0 Å². The van der Waals surface area contributed by atoms with Gasteiger partial charge in [0.15, 0.2) is 0 Å². The molecule has 3 N–H and O–H groups in total. The van der Waals surface area contributed by atoms with Crippen LogP contribution in [-0.4, -0.2) is 18.0 Å². The van der Waals surface area contributed by atoms with Gasteiger partial charge in [-0.15, -0.1) is 6.42 Å². The third-order valence-corrected chi connectivity index (χ3v) is 2.20. The second-order valence-electron chi connectivity index (χ2n) is 4.03. The summed E-state index contributed by atoms with van der Waals surface area (Å²) in [4.78, 5) is 11.5. The van der Waals surface area contributed by atoms with Gasteiger partial charge in [-0.2, -0.15) is 0 Å². The summed E-state index contributed by atoms with van der Waals surface area (Å²) in [7, 11) is 0. The smallest absolute Gasteiger partial charge is 0.221 e. The fourth-order valence-electron chi connectivity index (χ4n) is 1.09. The Kier molecular flexibility index (Phi) is 5.26. The molecule has 3 nitrogen and oxygen atoms in total. The van der Waals surface area contributed by atoms with Gasteiger partial charge < -0.3 is 11.1 Å². The van der Waals surface area contributed by atoms with Gasteiger partial charge in [-0.3, -0.25) is 4.79 Å². The summed E-state index contributed by atoms with van der Waals surface area (Å²) in [6, 6.07) is 0. The zero-order chi connectivity index (χ0) is 11.2. The lowest BCUT2D eigenvalue weighted by Crippen LogP contribution is -2.43. The number of rotatable bonds is 5. The van der Waals surface area contributed by atoms with Crippen LogP contribution in [0.1, 0.15) is 33.6 Å². The van der Waals surface area contributed by atoms with Crippen molar-refractivity contribution in [2.45, 2.75) is 39.2 Å². The van der Waals surface area contributed by atoms with E-state index in [9.17, 15) is 4.79 Å². The number of amides is 1. The molecule has 0 aliphatic heterocycles. The molecule has 0 saturated heterocycles. The first-order valence-electron chi connectivity index (χ1n) is 4.94. The number of terminal acetylenes is 1. The summed E-state index contributed by atoms with van der Waals surface area (Å²) in [6.45, 7) is 6.17. The van der Waals surface area contributed by atoms with Crippen molar-refractivity contribution in [2.75, 3.05) is 6.54 Å². The van der Waals surface area contributed by atoms with E-state index < -0.39 is 5.54 Å². The van der Waals surface area contributed by atoms with Crippen molar-refractivity contribution in [2.24, 2.45) is 11.7 Å². The fourth-order valence-corrected chi connectivity index (χ4v) is 1.09. The summed E-state index contributed by atoms with van der Waals surface area (Å²) < 4.78 is 0. The van der Waals surface area contributed by atoms with E-state index in [1.807, 2.05) is 6.92 Å².